The number of nitrogens with zero attached hydrogens (tertiary/aromatic N) is 4. The minimum atomic E-state index is -1.74. The van der Waals surface area contributed by atoms with Crippen LogP contribution in [0.5, 0.6) is 0 Å². The van der Waals surface area contributed by atoms with Gasteiger partial charge in [-0.05, 0) is 34.9 Å². The molecule has 0 radical (unpaired) electrons. The molecule has 14 nitrogen and oxygen atoms in total. The Hall–Kier alpha value is -5.99. The number of aromatic nitrogens is 4. The third-order valence-corrected chi connectivity index (χ3v) is 7.53. The standard InChI is InChI=1S/C33H29N7O7/c41-24-16-27(47-28(17-24)33(45)40-19-46-18-26(40)21-10-5-2-6-11-21)31(43)35-25(14-20-8-3-1-4-9-20)29(42)32(44)34-23-13-7-12-22(15-23)30-36-38-39-37-30/h1-13,15-17,25-26,29,42H,14,18-19H2,(H,34,44)(H,35,43)(H,36,37,38,39)/t25-,26+,29-/m0/s1. The predicted octanol–water partition coefficient (Wildman–Crippen LogP) is 2.33. The average Bonchev–Trinajstić information content (AvgIpc) is 3.82. The molecule has 2 aromatic heterocycles. The Labute approximate surface area is 267 Å². The molecule has 238 valence electrons. The van der Waals surface area contributed by atoms with Crippen LogP contribution in [0, 0.1) is 0 Å². The number of amides is 3. The number of hydrogen-bond donors (Lipinski definition) is 4. The average molecular weight is 636 g/mol. The lowest BCUT2D eigenvalue weighted by Crippen LogP contribution is -2.50. The minimum Gasteiger partial charge on any atom is -0.445 e. The first-order valence-corrected chi connectivity index (χ1v) is 14.6. The Morgan fingerprint density at radius 3 is 2.45 bits per heavy atom. The van der Waals surface area contributed by atoms with Gasteiger partial charge in [-0.15, -0.1) is 10.2 Å². The Morgan fingerprint density at radius 1 is 0.957 bits per heavy atom. The van der Waals surface area contributed by atoms with Crippen LogP contribution in [0.3, 0.4) is 0 Å². The highest BCUT2D eigenvalue weighted by atomic mass is 16.5. The zero-order valence-corrected chi connectivity index (χ0v) is 24.8. The summed E-state index contributed by atoms with van der Waals surface area (Å²) in [6.45, 7) is 0.222. The van der Waals surface area contributed by atoms with E-state index in [1.54, 1.807) is 48.5 Å². The smallest absolute Gasteiger partial charge is 0.292 e. The lowest BCUT2D eigenvalue weighted by atomic mass is 10.00. The number of hydrogen-bond acceptors (Lipinski definition) is 10. The summed E-state index contributed by atoms with van der Waals surface area (Å²) >= 11 is 0. The molecular formula is C33H29N7O7. The fourth-order valence-electron chi connectivity index (χ4n) is 5.20. The normalized spacial score (nSPS) is 15.5. The van der Waals surface area contributed by atoms with Crippen LogP contribution in [0.2, 0.25) is 0 Å². The van der Waals surface area contributed by atoms with E-state index in [1.807, 2.05) is 36.4 Å². The highest BCUT2D eigenvalue weighted by Gasteiger charge is 2.34. The van der Waals surface area contributed by atoms with Gasteiger partial charge in [-0.3, -0.25) is 19.2 Å². The van der Waals surface area contributed by atoms with E-state index in [4.69, 9.17) is 9.15 Å². The number of H-pyrrole nitrogens is 1. The monoisotopic (exact) mass is 635 g/mol. The van der Waals surface area contributed by atoms with E-state index in [0.29, 0.717) is 17.1 Å². The fraction of sp³-hybridized carbons (Fsp3) is 0.182. The summed E-state index contributed by atoms with van der Waals surface area (Å²) in [6.07, 6.45) is -1.69. The molecule has 1 fully saturated rings. The molecule has 4 N–H and O–H groups in total. The van der Waals surface area contributed by atoms with E-state index >= 15 is 0 Å². The van der Waals surface area contributed by atoms with Crippen LogP contribution in [0.15, 0.2) is 106 Å². The van der Waals surface area contributed by atoms with Gasteiger partial charge in [-0.2, -0.15) is 5.21 Å². The fourth-order valence-corrected chi connectivity index (χ4v) is 5.20. The van der Waals surface area contributed by atoms with Gasteiger partial charge in [0.15, 0.2) is 23.1 Å². The molecule has 1 aliphatic rings. The lowest BCUT2D eigenvalue weighted by molar-refractivity contribution is -0.125. The number of rotatable bonds is 10. The topological polar surface area (TPSA) is 193 Å². The highest BCUT2D eigenvalue weighted by molar-refractivity contribution is 5.97. The zero-order chi connectivity index (χ0) is 32.8. The molecule has 3 amide bonds. The third-order valence-electron chi connectivity index (χ3n) is 7.53. The summed E-state index contributed by atoms with van der Waals surface area (Å²) in [4.78, 5) is 54.3. The third kappa shape index (κ3) is 7.30. The lowest BCUT2D eigenvalue weighted by Gasteiger charge is -2.24. The Balaban J connectivity index is 1.21. The molecule has 0 unspecified atom stereocenters. The molecule has 47 heavy (non-hydrogen) atoms. The molecule has 14 heteroatoms. The second-order valence-corrected chi connectivity index (χ2v) is 10.7. The van der Waals surface area contributed by atoms with Crippen LogP contribution in [0.4, 0.5) is 5.69 Å². The summed E-state index contributed by atoms with van der Waals surface area (Å²) in [5.74, 6) is -2.84. The number of carbonyl (C=O) groups is 3. The van der Waals surface area contributed by atoms with Crippen LogP contribution in [-0.2, 0) is 16.0 Å². The van der Waals surface area contributed by atoms with Gasteiger partial charge in [-0.25, -0.2) is 0 Å². The summed E-state index contributed by atoms with van der Waals surface area (Å²) in [7, 11) is 0. The summed E-state index contributed by atoms with van der Waals surface area (Å²) in [5.41, 5.74) is 1.83. The van der Waals surface area contributed by atoms with Crippen molar-refractivity contribution in [3.05, 3.63) is 130 Å². The molecule has 3 aromatic carbocycles. The van der Waals surface area contributed by atoms with Crippen molar-refractivity contribution in [1.29, 1.82) is 0 Å². The van der Waals surface area contributed by atoms with Crippen molar-refractivity contribution < 1.29 is 28.6 Å². The predicted molar refractivity (Wildman–Crippen MR) is 167 cm³/mol. The summed E-state index contributed by atoms with van der Waals surface area (Å²) < 4.78 is 11.2. The van der Waals surface area contributed by atoms with Gasteiger partial charge in [0, 0.05) is 23.4 Å². The van der Waals surface area contributed by atoms with Crippen molar-refractivity contribution in [3.63, 3.8) is 0 Å². The van der Waals surface area contributed by atoms with Gasteiger partial charge in [0.1, 0.15) is 6.73 Å². The number of anilines is 1. The first-order valence-electron chi connectivity index (χ1n) is 14.6. The van der Waals surface area contributed by atoms with Crippen LogP contribution in [0.1, 0.15) is 38.3 Å². The summed E-state index contributed by atoms with van der Waals surface area (Å²) in [5, 5.41) is 30.2. The van der Waals surface area contributed by atoms with Crippen molar-refractivity contribution >= 4 is 23.4 Å². The van der Waals surface area contributed by atoms with Gasteiger partial charge in [0.05, 0.1) is 18.7 Å². The van der Waals surface area contributed by atoms with Gasteiger partial charge in [0.2, 0.25) is 5.82 Å². The van der Waals surface area contributed by atoms with Gasteiger partial charge in [-0.1, -0.05) is 72.8 Å². The van der Waals surface area contributed by atoms with Crippen LogP contribution < -0.4 is 16.1 Å². The number of tetrazole rings is 1. The van der Waals surface area contributed by atoms with Crippen LogP contribution >= 0.6 is 0 Å². The Bertz CT molecular complexity index is 1920. The number of aromatic amines is 1. The molecular weight excluding hydrogens is 606 g/mol. The minimum absolute atomic E-state index is 0.0308. The number of aliphatic hydroxyl groups is 1. The molecule has 1 aliphatic heterocycles. The molecule has 1 saturated heterocycles. The van der Waals surface area contributed by atoms with Gasteiger partial charge >= 0.3 is 0 Å². The van der Waals surface area contributed by atoms with Crippen LogP contribution in [-0.4, -0.2) is 73.8 Å². The van der Waals surface area contributed by atoms with E-state index in [-0.39, 0.29) is 25.5 Å². The number of benzene rings is 3. The van der Waals surface area contributed by atoms with Gasteiger partial charge in [0.25, 0.3) is 17.7 Å². The highest BCUT2D eigenvalue weighted by Crippen LogP contribution is 2.28. The van der Waals surface area contributed by atoms with Gasteiger partial charge < -0.3 is 29.8 Å². The first kappa shape index (κ1) is 31.0. The second-order valence-electron chi connectivity index (χ2n) is 10.7. The number of aliphatic hydroxyl groups excluding tert-OH is 1. The number of ether oxygens (including phenoxy) is 1. The van der Waals surface area contributed by atoms with Crippen molar-refractivity contribution in [2.75, 3.05) is 18.7 Å². The maximum Gasteiger partial charge on any atom is 0.292 e. The molecule has 3 atom stereocenters. The van der Waals surface area contributed by atoms with Crippen LogP contribution in [0.25, 0.3) is 11.4 Å². The van der Waals surface area contributed by atoms with E-state index in [2.05, 4.69) is 31.3 Å². The van der Waals surface area contributed by atoms with Crippen molar-refractivity contribution in [1.82, 2.24) is 30.8 Å². The quantitative estimate of drug-likeness (QED) is 0.177. The maximum atomic E-state index is 13.5. The first-order chi connectivity index (χ1) is 22.9. The second kappa shape index (κ2) is 14.0. The van der Waals surface area contributed by atoms with Crippen molar-refractivity contribution in [2.24, 2.45) is 0 Å². The molecule has 0 spiro atoms. The molecule has 3 heterocycles. The van der Waals surface area contributed by atoms with Crippen molar-refractivity contribution in [3.8, 4) is 11.4 Å². The van der Waals surface area contributed by atoms with E-state index < -0.39 is 47.1 Å². The largest absolute Gasteiger partial charge is 0.445 e. The SMILES string of the molecule is O=C(N[C@@H](Cc1ccccc1)[C@H](O)C(=O)Nc1cccc(-c2nn[nH]n2)c1)c1cc(=O)cc(C(=O)N2COC[C@@H]2c2ccccc2)o1. The molecule has 0 saturated carbocycles. The zero-order valence-electron chi connectivity index (χ0n) is 24.8. The molecule has 5 aromatic rings. The van der Waals surface area contributed by atoms with E-state index in [1.165, 1.54) is 4.90 Å². The number of carbonyl (C=O) groups excluding carboxylic acids is 3. The van der Waals surface area contributed by atoms with E-state index in [0.717, 1.165) is 23.3 Å². The summed E-state index contributed by atoms with van der Waals surface area (Å²) in [6, 6.07) is 25.2. The van der Waals surface area contributed by atoms with Crippen molar-refractivity contribution in [2.45, 2.75) is 24.6 Å². The maximum absolute atomic E-state index is 13.5. The molecule has 0 aliphatic carbocycles. The Morgan fingerprint density at radius 2 is 1.70 bits per heavy atom. The van der Waals surface area contributed by atoms with E-state index in [9.17, 15) is 24.3 Å². The Kier molecular flexibility index (Phi) is 9.22. The number of nitrogens with one attached hydrogen (secondary N) is 3. The molecule has 6 rings (SSSR count). The molecule has 0 bridgehead atoms.